The van der Waals surface area contributed by atoms with Crippen LogP contribution >= 0.6 is 0 Å². The molecule has 0 spiro atoms. The fourth-order valence-corrected chi connectivity index (χ4v) is 4.59. The van der Waals surface area contributed by atoms with Gasteiger partial charge in [-0.25, -0.2) is 19.4 Å². The monoisotopic (exact) mass is 465 g/mol. The third-order valence-corrected chi connectivity index (χ3v) is 6.20. The Labute approximate surface area is 201 Å². The topological polar surface area (TPSA) is 117 Å². The van der Waals surface area contributed by atoms with Gasteiger partial charge in [-0.05, 0) is 42.3 Å². The Kier molecular flexibility index (Phi) is 5.30. The highest BCUT2D eigenvalue weighted by Crippen LogP contribution is 2.42. The number of benzene rings is 2. The summed E-state index contributed by atoms with van der Waals surface area (Å²) in [6.45, 7) is 1.31. The summed E-state index contributed by atoms with van der Waals surface area (Å²) in [4.78, 5) is 23.6. The van der Waals surface area contributed by atoms with Gasteiger partial charge in [0.05, 0.1) is 17.3 Å². The minimum Gasteiger partial charge on any atom is -0.338 e. The van der Waals surface area contributed by atoms with E-state index >= 15 is 0 Å². The number of para-hydroxylation sites is 1. The summed E-state index contributed by atoms with van der Waals surface area (Å²) in [7, 11) is 0. The maximum absolute atomic E-state index is 12.5. The molecule has 10 nitrogen and oxygen atoms in total. The molecule has 174 valence electrons. The van der Waals surface area contributed by atoms with E-state index in [1.54, 1.807) is 23.4 Å². The first-order valence-electron chi connectivity index (χ1n) is 11.4. The number of amides is 2. The maximum atomic E-state index is 12.5. The average molecular weight is 466 g/mol. The molecule has 3 aromatic heterocycles. The van der Waals surface area contributed by atoms with Crippen LogP contribution in [0.5, 0.6) is 0 Å². The number of fused-ring (bicyclic) bond motifs is 2. The van der Waals surface area contributed by atoms with Gasteiger partial charge in [0.1, 0.15) is 12.1 Å². The minimum atomic E-state index is -0.235. The lowest BCUT2D eigenvalue weighted by Crippen LogP contribution is -2.30. The Balaban J connectivity index is 1.11. The second kappa shape index (κ2) is 8.90. The number of hydrogen-bond acceptors (Lipinski definition) is 6. The summed E-state index contributed by atoms with van der Waals surface area (Å²) in [6, 6.07) is 17.5. The number of nitrogens with one attached hydrogen (secondary N) is 3. The Hall–Kier alpha value is -4.73. The molecule has 1 atom stereocenters. The normalized spacial score (nSPS) is 14.7. The number of nitrogens with zero attached hydrogens (tertiary/aromatic N) is 6. The van der Waals surface area contributed by atoms with Crippen LogP contribution in [-0.4, -0.2) is 49.1 Å². The standard InChI is InChI=1S/C25H23N9O/c35-25(31-18-5-3-6-19(13-18)34-12-4-10-30-34)26-11-9-17-15-33(22-8-2-1-7-20(17)22)24-21-14-29-32-23(21)27-16-28-24/h1-8,10,12-14,16-17H,9,11,15H2,(H2,26,31,35)(H,27,28,29,32). The zero-order chi connectivity index (χ0) is 23.6. The minimum absolute atomic E-state index is 0.235. The zero-order valence-electron chi connectivity index (χ0n) is 18.8. The summed E-state index contributed by atoms with van der Waals surface area (Å²) in [5.74, 6) is 1.09. The summed E-state index contributed by atoms with van der Waals surface area (Å²) in [6.07, 6.45) is 7.69. The maximum Gasteiger partial charge on any atom is 0.319 e. The second-order valence-electron chi connectivity index (χ2n) is 8.37. The van der Waals surface area contributed by atoms with E-state index < -0.39 is 0 Å². The third-order valence-electron chi connectivity index (χ3n) is 6.20. The predicted octanol–water partition coefficient (Wildman–Crippen LogP) is 3.99. The van der Waals surface area contributed by atoms with Crippen LogP contribution in [0.25, 0.3) is 16.7 Å². The van der Waals surface area contributed by atoms with Crippen molar-refractivity contribution in [1.29, 1.82) is 0 Å². The molecule has 5 aromatic rings. The molecule has 0 bridgehead atoms. The molecule has 0 fully saturated rings. The molecule has 6 rings (SSSR count). The van der Waals surface area contributed by atoms with Crippen molar-refractivity contribution >= 4 is 34.3 Å². The Morgan fingerprint density at radius 2 is 2.06 bits per heavy atom. The van der Waals surface area contributed by atoms with E-state index in [1.165, 1.54) is 5.56 Å². The summed E-state index contributed by atoms with van der Waals surface area (Å²) >= 11 is 0. The number of aromatic nitrogens is 6. The third kappa shape index (κ3) is 4.05. The largest absolute Gasteiger partial charge is 0.338 e. The fourth-order valence-electron chi connectivity index (χ4n) is 4.59. The van der Waals surface area contributed by atoms with Crippen molar-refractivity contribution in [1.82, 2.24) is 35.3 Å². The van der Waals surface area contributed by atoms with Crippen molar-refractivity contribution in [3.63, 3.8) is 0 Å². The Morgan fingerprint density at radius 3 is 2.97 bits per heavy atom. The number of carbonyl (C=O) groups excluding carboxylic acids is 1. The van der Waals surface area contributed by atoms with Gasteiger partial charge in [0.2, 0.25) is 0 Å². The van der Waals surface area contributed by atoms with Crippen molar-refractivity contribution < 1.29 is 4.79 Å². The number of urea groups is 1. The van der Waals surface area contributed by atoms with Crippen LogP contribution in [0, 0.1) is 0 Å². The lowest BCUT2D eigenvalue weighted by Gasteiger charge is -2.19. The van der Waals surface area contributed by atoms with Crippen LogP contribution in [-0.2, 0) is 0 Å². The first-order valence-corrected chi connectivity index (χ1v) is 11.4. The van der Waals surface area contributed by atoms with E-state index in [-0.39, 0.29) is 11.9 Å². The first kappa shape index (κ1) is 20.8. The molecule has 1 aliphatic heterocycles. The average Bonchev–Trinajstić information content (AvgIpc) is 3.64. The number of hydrogen-bond donors (Lipinski definition) is 3. The summed E-state index contributed by atoms with van der Waals surface area (Å²) in [5.41, 5.74) is 4.68. The highest BCUT2D eigenvalue weighted by molar-refractivity contribution is 5.90. The SMILES string of the molecule is O=C(NCCC1CN(c2ncnc3[nH]ncc23)c2ccccc21)Nc1cccc(-n2cccn2)c1. The van der Waals surface area contributed by atoms with Crippen molar-refractivity contribution in [2.45, 2.75) is 12.3 Å². The molecule has 2 amide bonds. The smallest absolute Gasteiger partial charge is 0.319 e. The quantitative estimate of drug-likeness (QED) is 0.349. The number of carbonyl (C=O) groups is 1. The van der Waals surface area contributed by atoms with E-state index in [4.69, 9.17) is 0 Å². The van der Waals surface area contributed by atoms with Gasteiger partial charge in [-0.3, -0.25) is 5.10 Å². The molecule has 10 heteroatoms. The first-order chi connectivity index (χ1) is 17.3. The molecule has 35 heavy (non-hydrogen) atoms. The predicted molar refractivity (Wildman–Crippen MR) is 133 cm³/mol. The Morgan fingerprint density at radius 1 is 1.11 bits per heavy atom. The van der Waals surface area contributed by atoms with E-state index in [0.29, 0.717) is 17.9 Å². The fraction of sp³-hybridized carbons (Fsp3) is 0.160. The van der Waals surface area contributed by atoms with Gasteiger partial charge < -0.3 is 15.5 Å². The van der Waals surface area contributed by atoms with E-state index in [2.05, 4.69) is 59.0 Å². The molecule has 3 N–H and O–H groups in total. The van der Waals surface area contributed by atoms with Gasteiger partial charge in [-0.15, -0.1) is 0 Å². The molecule has 0 saturated heterocycles. The molecule has 1 aliphatic rings. The molecule has 0 aliphatic carbocycles. The van der Waals surface area contributed by atoms with Crippen LogP contribution < -0.4 is 15.5 Å². The lowest BCUT2D eigenvalue weighted by atomic mass is 9.98. The highest BCUT2D eigenvalue weighted by Gasteiger charge is 2.30. The molecule has 0 saturated carbocycles. The van der Waals surface area contributed by atoms with Gasteiger partial charge in [0.25, 0.3) is 0 Å². The second-order valence-corrected chi connectivity index (χ2v) is 8.37. The lowest BCUT2D eigenvalue weighted by molar-refractivity contribution is 0.252. The summed E-state index contributed by atoms with van der Waals surface area (Å²) in [5, 5.41) is 18.0. The van der Waals surface area contributed by atoms with Crippen LogP contribution in [0.4, 0.5) is 22.0 Å². The molecule has 2 aromatic carbocycles. The van der Waals surface area contributed by atoms with Crippen LogP contribution in [0.1, 0.15) is 17.9 Å². The number of rotatable bonds is 6. The summed E-state index contributed by atoms with van der Waals surface area (Å²) < 4.78 is 1.75. The highest BCUT2D eigenvalue weighted by atomic mass is 16.2. The number of H-pyrrole nitrogens is 1. The van der Waals surface area contributed by atoms with E-state index in [1.807, 2.05) is 42.6 Å². The van der Waals surface area contributed by atoms with E-state index in [0.717, 1.165) is 35.5 Å². The van der Waals surface area contributed by atoms with Crippen LogP contribution in [0.3, 0.4) is 0 Å². The number of aromatic amines is 1. The van der Waals surface area contributed by atoms with Crippen molar-refractivity contribution in [3.05, 3.63) is 85.1 Å². The van der Waals surface area contributed by atoms with Gasteiger partial charge in [0, 0.05) is 42.8 Å². The molecule has 0 radical (unpaired) electrons. The van der Waals surface area contributed by atoms with Gasteiger partial charge in [0.15, 0.2) is 5.65 Å². The van der Waals surface area contributed by atoms with Gasteiger partial charge in [-0.2, -0.15) is 10.2 Å². The zero-order valence-corrected chi connectivity index (χ0v) is 18.8. The van der Waals surface area contributed by atoms with Crippen LogP contribution in [0.2, 0.25) is 0 Å². The van der Waals surface area contributed by atoms with Gasteiger partial charge >= 0.3 is 6.03 Å². The molecule has 1 unspecified atom stereocenters. The van der Waals surface area contributed by atoms with Crippen molar-refractivity contribution in [2.75, 3.05) is 23.3 Å². The van der Waals surface area contributed by atoms with Crippen LogP contribution in [0.15, 0.2) is 79.5 Å². The Bertz CT molecular complexity index is 1480. The molecular weight excluding hydrogens is 442 g/mol. The molecular formula is C25H23N9O. The van der Waals surface area contributed by atoms with E-state index in [9.17, 15) is 4.79 Å². The van der Waals surface area contributed by atoms with Gasteiger partial charge in [-0.1, -0.05) is 24.3 Å². The van der Waals surface area contributed by atoms with Crippen molar-refractivity contribution in [3.8, 4) is 5.69 Å². The molecule has 4 heterocycles. The number of anilines is 3. The van der Waals surface area contributed by atoms with Crippen molar-refractivity contribution in [2.24, 2.45) is 0 Å².